The highest BCUT2D eigenvalue weighted by Crippen LogP contribution is 2.36. The number of carbonyl (C=O) groups excluding carboxylic acids is 1. The summed E-state index contributed by atoms with van der Waals surface area (Å²) in [5.41, 5.74) is 7.02. The molecule has 0 spiro atoms. The number of rotatable bonds is 4. The van der Waals surface area contributed by atoms with Crippen LogP contribution in [0.1, 0.15) is 17.5 Å². The van der Waals surface area contributed by atoms with Gasteiger partial charge in [0.2, 0.25) is 5.91 Å². The van der Waals surface area contributed by atoms with Gasteiger partial charge in [-0.25, -0.2) is 4.98 Å². The molecule has 1 atom stereocenters. The van der Waals surface area contributed by atoms with Crippen LogP contribution in [0.5, 0.6) is 0 Å². The predicted octanol–water partition coefficient (Wildman–Crippen LogP) is 4.16. The normalized spacial score (nSPS) is 16.6. The Kier molecular flexibility index (Phi) is 5.05. The Labute approximate surface area is 204 Å². The smallest absolute Gasteiger partial charge is 0.227 e. The summed E-state index contributed by atoms with van der Waals surface area (Å²) in [6, 6.07) is 18.3. The second-order valence-corrected chi connectivity index (χ2v) is 9.70. The lowest BCUT2D eigenvalue weighted by Gasteiger charge is -2.20. The van der Waals surface area contributed by atoms with Crippen LogP contribution in [0, 0.1) is 17.2 Å². The highest BCUT2D eigenvalue weighted by atomic mass is 16.2. The van der Waals surface area contributed by atoms with E-state index in [-0.39, 0.29) is 5.91 Å². The van der Waals surface area contributed by atoms with Crippen molar-refractivity contribution in [3.63, 3.8) is 0 Å². The summed E-state index contributed by atoms with van der Waals surface area (Å²) in [6.07, 6.45) is 6.56. The van der Waals surface area contributed by atoms with Gasteiger partial charge in [-0.3, -0.25) is 9.36 Å². The summed E-state index contributed by atoms with van der Waals surface area (Å²) in [6.45, 7) is 2.35. The molecule has 35 heavy (non-hydrogen) atoms. The van der Waals surface area contributed by atoms with Crippen LogP contribution < -0.4 is 4.90 Å². The first-order valence-electron chi connectivity index (χ1n) is 11.8. The zero-order valence-corrected chi connectivity index (χ0v) is 19.8. The molecule has 0 unspecified atom stereocenters. The van der Waals surface area contributed by atoms with E-state index >= 15 is 0 Å². The molecule has 0 saturated carbocycles. The van der Waals surface area contributed by atoms with E-state index < -0.39 is 0 Å². The molecule has 2 aromatic heterocycles. The van der Waals surface area contributed by atoms with Crippen molar-refractivity contribution >= 4 is 11.6 Å². The van der Waals surface area contributed by atoms with Crippen LogP contribution in [0.25, 0.3) is 28.3 Å². The number of nitrogens with zero attached hydrogens (tertiary/aromatic N) is 6. The van der Waals surface area contributed by atoms with E-state index in [0.29, 0.717) is 24.4 Å². The summed E-state index contributed by atoms with van der Waals surface area (Å²) in [5.74, 6) is 1.43. The van der Waals surface area contributed by atoms with Gasteiger partial charge in [-0.2, -0.15) is 5.26 Å². The van der Waals surface area contributed by atoms with Gasteiger partial charge in [0.1, 0.15) is 0 Å². The minimum Gasteiger partial charge on any atom is -0.340 e. The van der Waals surface area contributed by atoms with Gasteiger partial charge < -0.3 is 14.4 Å². The number of hydrogen-bond donors (Lipinski definition) is 0. The summed E-state index contributed by atoms with van der Waals surface area (Å²) in [4.78, 5) is 21.6. The van der Waals surface area contributed by atoms with Gasteiger partial charge in [-0.1, -0.05) is 12.1 Å². The van der Waals surface area contributed by atoms with E-state index in [1.54, 1.807) is 0 Å². The first-order chi connectivity index (χ1) is 17.0. The number of aromatic nitrogens is 3. The molecule has 6 rings (SSSR count). The van der Waals surface area contributed by atoms with Crippen LogP contribution in [0.4, 0.5) is 5.69 Å². The Morgan fingerprint density at radius 2 is 1.94 bits per heavy atom. The summed E-state index contributed by atoms with van der Waals surface area (Å²) in [7, 11) is 4.11. The molecule has 4 aromatic rings. The summed E-state index contributed by atoms with van der Waals surface area (Å²) < 4.78 is 4.35. The Morgan fingerprint density at radius 1 is 1.11 bits per heavy atom. The minimum atomic E-state index is 0.193. The number of hydrogen-bond acceptors (Lipinski definition) is 4. The highest BCUT2D eigenvalue weighted by Gasteiger charge is 2.31. The van der Waals surface area contributed by atoms with Crippen LogP contribution in [-0.4, -0.2) is 52.1 Å². The summed E-state index contributed by atoms with van der Waals surface area (Å²) >= 11 is 0. The maximum atomic E-state index is 12.8. The number of fused-ring (bicyclic) bond motifs is 5. The topological polar surface area (TPSA) is 70.1 Å². The highest BCUT2D eigenvalue weighted by molar-refractivity contribution is 5.96. The molecule has 7 nitrogen and oxygen atoms in total. The van der Waals surface area contributed by atoms with Crippen molar-refractivity contribution in [2.75, 3.05) is 32.1 Å². The number of benzene rings is 2. The molecule has 0 radical (unpaired) electrons. The third-order valence-corrected chi connectivity index (χ3v) is 6.92. The van der Waals surface area contributed by atoms with Crippen molar-refractivity contribution in [1.82, 2.24) is 19.0 Å². The van der Waals surface area contributed by atoms with Gasteiger partial charge in [0.25, 0.3) is 0 Å². The van der Waals surface area contributed by atoms with Crippen LogP contribution >= 0.6 is 0 Å². The summed E-state index contributed by atoms with van der Waals surface area (Å²) in [5, 5.41) is 9.12. The first-order valence-corrected chi connectivity index (χ1v) is 11.8. The van der Waals surface area contributed by atoms with Gasteiger partial charge in [0.15, 0.2) is 5.82 Å². The molecule has 4 heterocycles. The number of carbonyl (C=O) groups is 1. The average molecular weight is 463 g/mol. The third-order valence-electron chi connectivity index (χ3n) is 6.92. The van der Waals surface area contributed by atoms with E-state index in [2.05, 4.69) is 69.6 Å². The molecule has 1 amide bonds. The molecule has 0 bridgehead atoms. The quantitative estimate of drug-likeness (QED) is 0.402. The Hall–Kier alpha value is -4.15. The van der Waals surface area contributed by atoms with E-state index in [0.717, 1.165) is 52.7 Å². The molecule has 1 fully saturated rings. The molecule has 0 aliphatic carbocycles. The SMILES string of the molecule is CN(C)C[C@@H]1CC(=O)N(c2ccc3c(c2)Cn2cc(-c4ccc(C#N)cc4)cc2-c2nccn2-3)C1. The van der Waals surface area contributed by atoms with Crippen molar-refractivity contribution in [2.24, 2.45) is 5.92 Å². The lowest BCUT2D eigenvalue weighted by molar-refractivity contribution is -0.117. The van der Waals surface area contributed by atoms with Crippen LogP contribution in [0.3, 0.4) is 0 Å². The fraction of sp³-hybridized carbons (Fsp3) is 0.250. The lowest BCUT2D eigenvalue weighted by Crippen LogP contribution is -2.27. The zero-order valence-electron chi connectivity index (χ0n) is 19.8. The number of amides is 1. The largest absolute Gasteiger partial charge is 0.340 e. The molecule has 0 N–H and O–H groups in total. The average Bonchev–Trinajstić information content (AvgIpc) is 3.56. The van der Waals surface area contributed by atoms with Crippen LogP contribution in [0.15, 0.2) is 67.1 Å². The van der Waals surface area contributed by atoms with Crippen LogP contribution in [-0.2, 0) is 11.3 Å². The predicted molar refractivity (Wildman–Crippen MR) is 135 cm³/mol. The second kappa shape index (κ2) is 8.26. The molecule has 174 valence electrons. The molecular formula is C28H26N6O. The van der Waals surface area contributed by atoms with Gasteiger partial charge >= 0.3 is 0 Å². The Balaban J connectivity index is 1.38. The van der Waals surface area contributed by atoms with Crippen molar-refractivity contribution < 1.29 is 4.79 Å². The Bertz CT molecular complexity index is 1470. The van der Waals surface area contributed by atoms with E-state index in [1.165, 1.54) is 0 Å². The van der Waals surface area contributed by atoms with Gasteiger partial charge in [0.05, 0.1) is 23.0 Å². The maximum absolute atomic E-state index is 12.8. The maximum Gasteiger partial charge on any atom is 0.227 e. The van der Waals surface area contributed by atoms with Gasteiger partial charge in [0, 0.05) is 55.9 Å². The van der Waals surface area contributed by atoms with E-state index in [9.17, 15) is 4.79 Å². The van der Waals surface area contributed by atoms with Gasteiger partial charge in [-0.15, -0.1) is 0 Å². The second-order valence-electron chi connectivity index (χ2n) is 9.70. The van der Waals surface area contributed by atoms with Crippen molar-refractivity contribution in [1.29, 1.82) is 5.26 Å². The number of anilines is 1. The third kappa shape index (κ3) is 3.72. The van der Waals surface area contributed by atoms with Crippen molar-refractivity contribution in [3.8, 4) is 34.4 Å². The molecule has 2 aliphatic heterocycles. The monoisotopic (exact) mass is 462 g/mol. The zero-order chi connectivity index (χ0) is 24.1. The Morgan fingerprint density at radius 3 is 2.71 bits per heavy atom. The molecule has 2 aromatic carbocycles. The molecular weight excluding hydrogens is 436 g/mol. The molecule has 2 aliphatic rings. The van der Waals surface area contributed by atoms with Crippen molar-refractivity contribution in [2.45, 2.75) is 13.0 Å². The number of imidazole rings is 1. The first kappa shape index (κ1) is 21.4. The fourth-order valence-electron chi connectivity index (χ4n) is 5.37. The van der Waals surface area contributed by atoms with Crippen molar-refractivity contribution in [3.05, 3.63) is 78.2 Å². The molecule has 1 saturated heterocycles. The standard InChI is InChI=1S/C28H26N6O/c1-31(2)15-20-11-27(35)34(16-20)24-7-8-25-23(12-24)18-32-17-22(21-5-3-19(14-29)4-6-21)13-26(32)28-30-9-10-33(25)28/h3-10,12-13,17,20H,11,15-16,18H2,1-2H3/t20-/m0/s1. The molecule has 7 heteroatoms. The fourth-order valence-corrected chi connectivity index (χ4v) is 5.37. The van der Waals surface area contributed by atoms with Gasteiger partial charge in [-0.05, 0) is 67.5 Å². The van der Waals surface area contributed by atoms with E-state index in [1.807, 2.05) is 41.6 Å². The van der Waals surface area contributed by atoms with Crippen LogP contribution in [0.2, 0.25) is 0 Å². The lowest BCUT2D eigenvalue weighted by atomic mass is 10.1. The number of nitriles is 1. The van der Waals surface area contributed by atoms with E-state index in [4.69, 9.17) is 5.26 Å². The minimum absolute atomic E-state index is 0.193.